The fourth-order valence-corrected chi connectivity index (χ4v) is 1.92. The van der Waals surface area contributed by atoms with Crippen LogP contribution in [0.5, 0.6) is 5.75 Å². The van der Waals surface area contributed by atoms with Crippen LogP contribution in [0.25, 0.3) is 0 Å². The van der Waals surface area contributed by atoms with E-state index in [0.717, 1.165) is 18.6 Å². The lowest BCUT2D eigenvalue weighted by Crippen LogP contribution is -2.30. The molecule has 2 N–H and O–H groups in total. The molecule has 1 aromatic carbocycles. The van der Waals surface area contributed by atoms with Crippen LogP contribution in [0.15, 0.2) is 18.2 Å². The number of hydrogen-bond acceptors (Lipinski definition) is 5. The van der Waals surface area contributed by atoms with E-state index < -0.39 is 7.12 Å². The lowest BCUT2D eigenvalue weighted by molar-refractivity contribution is 0.0309. The fraction of sp³-hybridized carbons (Fsp3) is 0.500. The summed E-state index contributed by atoms with van der Waals surface area (Å²) in [6.07, 6.45) is 1.00. The van der Waals surface area contributed by atoms with Gasteiger partial charge in [-0.05, 0) is 17.9 Å². The maximum atomic E-state index is 9.15. The highest BCUT2D eigenvalue weighted by Crippen LogP contribution is 2.19. The van der Waals surface area contributed by atoms with Gasteiger partial charge >= 0.3 is 7.12 Å². The van der Waals surface area contributed by atoms with Gasteiger partial charge in [0.1, 0.15) is 5.75 Å². The lowest BCUT2D eigenvalue weighted by atomic mass is 9.79. The van der Waals surface area contributed by atoms with Gasteiger partial charge in [0.25, 0.3) is 0 Å². The maximum Gasteiger partial charge on any atom is 0.488 e. The third kappa shape index (κ3) is 3.23. The number of methoxy groups -OCH3 is 1. The Hall–Kier alpha value is -1.08. The second-order valence-electron chi connectivity index (χ2n) is 4.24. The van der Waals surface area contributed by atoms with Gasteiger partial charge in [-0.2, -0.15) is 0 Å². The van der Waals surface area contributed by atoms with Gasteiger partial charge in [-0.1, -0.05) is 12.1 Å². The van der Waals surface area contributed by atoms with Crippen LogP contribution in [-0.4, -0.2) is 43.6 Å². The first-order chi connectivity index (χ1) is 8.70. The predicted octanol–water partition coefficient (Wildman–Crippen LogP) is -0.320. The molecule has 1 heterocycles. The molecule has 1 fully saturated rings. The molecule has 1 unspecified atom stereocenters. The monoisotopic (exact) mass is 252 g/mol. The maximum absolute atomic E-state index is 9.15. The highest BCUT2D eigenvalue weighted by molar-refractivity contribution is 6.58. The van der Waals surface area contributed by atoms with Crippen LogP contribution in [0.3, 0.4) is 0 Å². The van der Waals surface area contributed by atoms with Gasteiger partial charge < -0.3 is 24.3 Å². The number of ether oxygens (including phenoxy) is 3. The van der Waals surface area contributed by atoms with Crippen molar-refractivity contribution in [1.82, 2.24) is 0 Å². The van der Waals surface area contributed by atoms with Crippen molar-refractivity contribution < 1.29 is 24.3 Å². The van der Waals surface area contributed by atoms with Crippen LogP contribution in [0.4, 0.5) is 0 Å². The van der Waals surface area contributed by atoms with Gasteiger partial charge in [0, 0.05) is 12.2 Å². The molecule has 1 aliphatic heterocycles. The summed E-state index contributed by atoms with van der Waals surface area (Å²) in [5, 5.41) is 18.3. The molecule has 1 aromatic rings. The Kier molecular flexibility index (Phi) is 4.60. The zero-order valence-corrected chi connectivity index (χ0v) is 10.3. The molecule has 0 bridgehead atoms. The Morgan fingerprint density at radius 3 is 2.89 bits per heavy atom. The molecule has 0 amide bonds. The fourth-order valence-electron chi connectivity index (χ4n) is 1.92. The smallest absolute Gasteiger partial charge is 0.488 e. The van der Waals surface area contributed by atoms with E-state index in [1.165, 1.54) is 0 Å². The number of rotatable bonds is 5. The first-order valence-electron chi connectivity index (χ1n) is 5.93. The summed E-state index contributed by atoms with van der Waals surface area (Å²) in [5.41, 5.74) is 1.23. The van der Waals surface area contributed by atoms with E-state index in [9.17, 15) is 0 Å². The zero-order chi connectivity index (χ0) is 13.0. The van der Waals surface area contributed by atoms with Gasteiger partial charge in [-0.15, -0.1) is 0 Å². The average Bonchev–Trinajstić information content (AvgIpc) is 2.89. The molecular formula is C12H17BO5. The molecule has 18 heavy (non-hydrogen) atoms. The SMILES string of the molecule is COc1ccc(B(O)O)cc1COC1CCOC1. The Bertz CT molecular complexity index is 390. The third-order valence-corrected chi connectivity index (χ3v) is 2.97. The molecule has 2 rings (SSSR count). The minimum Gasteiger partial charge on any atom is -0.496 e. The van der Waals surface area contributed by atoms with Crippen molar-refractivity contribution in [2.45, 2.75) is 19.1 Å². The van der Waals surface area contributed by atoms with E-state index in [1.807, 2.05) is 0 Å². The zero-order valence-electron chi connectivity index (χ0n) is 10.3. The molecule has 1 atom stereocenters. The summed E-state index contributed by atoms with van der Waals surface area (Å²) < 4.78 is 16.1. The normalized spacial score (nSPS) is 18.9. The summed E-state index contributed by atoms with van der Waals surface area (Å²) in [7, 11) is 0.0940. The summed E-state index contributed by atoms with van der Waals surface area (Å²) in [6, 6.07) is 5.00. The molecule has 0 spiro atoms. The van der Waals surface area contributed by atoms with Gasteiger partial charge in [-0.25, -0.2) is 0 Å². The van der Waals surface area contributed by atoms with Crippen molar-refractivity contribution in [1.29, 1.82) is 0 Å². The molecule has 1 saturated heterocycles. The largest absolute Gasteiger partial charge is 0.496 e. The molecular weight excluding hydrogens is 235 g/mol. The summed E-state index contributed by atoms with van der Waals surface area (Å²) in [6.45, 7) is 1.72. The lowest BCUT2D eigenvalue weighted by Gasteiger charge is -2.13. The number of hydrogen-bond donors (Lipinski definition) is 2. The first kappa shape index (κ1) is 13.4. The van der Waals surface area contributed by atoms with E-state index in [0.29, 0.717) is 24.4 Å². The van der Waals surface area contributed by atoms with E-state index in [2.05, 4.69) is 0 Å². The van der Waals surface area contributed by atoms with Crippen molar-refractivity contribution in [3.8, 4) is 5.75 Å². The third-order valence-electron chi connectivity index (χ3n) is 2.97. The van der Waals surface area contributed by atoms with Gasteiger partial charge in [0.05, 0.1) is 26.4 Å². The van der Waals surface area contributed by atoms with Crippen molar-refractivity contribution in [3.05, 3.63) is 23.8 Å². The molecule has 0 saturated carbocycles. The summed E-state index contributed by atoms with van der Waals surface area (Å²) in [5.74, 6) is 0.679. The van der Waals surface area contributed by atoms with E-state index in [4.69, 9.17) is 24.3 Å². The van der Waals surface area contributed by atoms with Crippen LogP contribution >= 0.6 is 0 Å². The quantitative estimate of drug-likeness (QED) is 0.703. The molecule has 0 aromatic heterocycles. The Labute approximate surface area is 106 Å². The summed E-state index contributed by atoms with van der Waals surface area (Å²) in [4.78, 5) is 0. The van der Waals surface area contributed by atoms with Gasteiger partial charge in [0.15, 0.2) is 0 Å². The molecule has 0 radical (unpaired) electrons. The van der Waals surface area contributed by atoms with Crippen LogP contribution in [-0.2, 0) is 16.1 Å². The van der Waals surface area contributed by atoms with Crippen LogP contribution in [0.1, 0.15) is 12.0 Å². The highest BCUT2D eigenvalue weighted by Gasteiger charge is 2.18. The molecule has 98 valence electrons. The summed E-state index contributed by atoms with van der Waals surface area (Å²) >= 11 is 0. The highest BCUT2D eigenvalue weighted by atomic mass is 16.5. The van der Waals surface area contributed by atoms with Crippen LogP contribution in [0.2, 0.25) is 0 Å². The standard InChI is InChI=1S/C12H17BO5/c1-16-12-3-2-10(13(14)15)6-9(12)7-18-11-4-5-17-8-11/h2-3,6,11,14-15H,4-5,7-8H2,1H3. The Morgan fingerprint density at radius 1 is 1.44 bits per heavy atom. The van der Waals surface area contributed by atoms with Crippen LogP contribution < -0.4 is 10.2 Å². The molecule has 6 heteroatoms. The van der Waals surface area contributed by atoms with Crippen molar-refractivity contribution in [3.63, 3.8) is 0 Å². The predicted molar refractivity (Wildman–Crippen MR) is 66.8 cm³/mol. The number of benzene rings is 1. The minimum atomic E-state index is -1.48. The minimum absolute atomic E-state index is 0.109. The molecule has 5 nitrogen and oxygen atoms in total. The van der Waals surface area contributed by atoms with E-state index >= 15 is 0 Å². The second kappa shape index (κ2) is 6.20. The van der Waals surface area contributed by atoms with Crippen LogP contribution in [0, 0.1) is 0 Å². The molecule has 0 aliphatic carbocycles. The average molecular weight is 252 g/mol. The van der Waals surface area contributed by atoms with Crippen molar-refractivity contribution in [2.75, 3.05) is 20.3 Å². The van der Waals surface area contributed by atoms with E-state index in [1.54, 1.807) is 25.3 Å². The van der Waals surface area contributed by atoms with E-state index in [-0.39, 0.29) is 6.10 Å². The van der Waals surface area contributed by atoms with Gasteiger partial charge in [-0.3, -0.25) is 0 Å². The van der Waals surface area contributed by atoms with Gasteiger partial charge in [0.2, 0.25) is 0 Å². The topological polar surface area (TPSA) is 68.2 Å². The van der Waals surface area contributed by atoms with Crippen molar-refractivity contribution in [2.24, 2.45) is 0 Å². The second-order valence-corrected chi connectivity index (χ2v) is 4.24. The Morgan fingerprint density at radius 2 is 2.28 bits per heavy atom. The van der Waals surface area contributed by atoms with Crippen molar-refractivity contribution >= 4 is 12.6 Å². The first-order valence-corrected chi connectivity index (χ1v) is 5.93. The molecule has 1 aliphatic rings. The Balaban J connectivity index is 2.05.